The number of allylic oxidation sites excluding steroid dienone is 1. The summed E-state index contributed by atoms with van der Waals surface area (Å²) in [4.78, 5) is 27.1. The van der Waals surface area contributed by atoms with Crippen LogP contribution in [-0.2, 0) is 14.3 Å². The number of methoxy groups -OCH3 is 1. The Balaban J connectivity index is 3.00. The van der Waals surface area contributed by atoms with E-state index in [0.717, 1.165) is 18.6 Å². The Hall–Kier alpha value is -1.98. The molecule has 26 heavy (non-hydrogen) atoms. The van der Waals surface area contributed by atoms with Crippen molar-refractivity contribution in [3.8, 4) is 0 Å². The molecule has 1 N–H and O–H groups in total. The van der Waals surface area contributed by atoms with Crippen molar-refractivity contribution in [1.29, 1.82) is 0 Å². The van der Waals surface area contributed by atoms with E-state index in [1.165, 1.54) is 0 Å². The van der Waals surface area contributed by atoms with Gasteiger partial charge in [-0.05, 0) is 39.5 Å². The lowest BCUT2D eigenvalue weighted by atomic mass is 10.0. The molecule has 6 nitrogen and oxygen atoms in total. The van der Waals surface area contributed by atoms with Crippen LogP contribution < -0.4 is 5.32 Å². The lowest BCUT2D eigenvalue weighted by Gasteiger charge is -2.32. The van der Waals surface area contributed by atoms with Gasteiger partial charge in [-0.2, -0.15) is 0 Å². The topological polar surface area (TPSA) is 67.9 Å². The molecule has 0 aromatic rings. The maximum Gasteiger partial charge on any atom is 0.408 e. The molecule has 0 aliphatic carbocycles. The third-order valence-corrected chi connectivity index (χ3v) is 3.99. The molecule has 1 rings (SSSR count). The fourth-order valence-electron chi connectivity index (χ4n) is 3.00. The van der Waals surface area contributed by atoms with Crippen molar-refractivity contribution in [3.05, 3.63) is 24.1 Å². The van der Waals surface area contributed by atoms with E-state index in [2.05, 4.69) is 18.8 Å². The predicted molar refractivity (Wildman–Crippen MR) is 102 cm³/mol. The summed E-state index contributed by atoms with van der Waals surface area (Å²) < 4.78 is 10.8. The Morgan fingerprint density at radius 3 is 2.42 bits per heavy atom. The summed E-state index contributed by atoms with van der Waals surface area (Å²) in [6, 6.07) is -0.856. The lowest BCUT2D eigenvalue weighted by Crippen LogP contribution is -2.51. The van der Waals surface area contributed by atoms with E-state index >= 15 is 0 Å². The highest BCUT2D eigenvalue weighted by atomic mass is 16.6. The average Bonchev–Trinajstić information content (AvgIpc) is 2.79. The number of nitrogens with zero attached hydrogens (tertiary/aromatic N) is 1. The molecule has 1 aliphatic rings. The van der Waals surface area contributed by atoms with E-state index in [9.17, 15) is 9.59 Å². The molecular formula is C20H34N2O4. The van der Waals surface area contributed by atoms with E-state index < -0.39 is 17.7 Å². The summed E-state index contributed by atoms with van der Waals surface area (Å²) in [6.07, 6.45) is 3.39. The highest BCUT2D eigenvalue weighted by Crippen LogP contribution is 2.30. The first-order valence-electron chi connectivity index (χ1n) is 9.27. The van der Waals surface area contributed by atoms with Crippen LogP contribution in [0.4, 0.5) is 4.79 Å². The normalized spacial score (nSPS) is 18.6. The van der Waals surface area contributed by atoms with E-state index in [4.69, 9.17) is 9.47 Å². The van der Waals surface area contributed by atoms with E-state index in [1.807, 2.05) is 13.8 Å². The number of hydrogen-bond donors (Lipinski definition) is 1. The van der Waals surface area contributed by atoms with Crippen LogP contribution >= 0.6 is 0 Å². The predicted octanol–water partition coefficient (Wildman–Crippen LogP) is 3.98. The molecule has 0 unspecified atom stereocenters. The zero-order chi connectivity index (χ0) is 20.1. The van der Waals surface area contributed by atoms with E-state index in [0.29, 0.717) is 12.1 Å². The standard InChI is InChI=1S/C20H34N2O4/c1-9-10-16-17(25-8)12-14(4)22(16)18(23)15(11-13(2)3)21-19(24)26-20(5,6)7/h12-13,15-16H,4,9-11H2,1-3,5-8H3,(H,21,24)/t15-,16+/m1/s1. The largest absolute Gasteiger partial charge is 0.499 e. The quantitative estimate of drug-likeness (QED) is 0.740. The summed E-state index contributed by atoms with van der Waals surface area (Å²) >= 11 is 0. The van der Waals surface area contributed by atoms with Gasteiger partial charge in [0.1, 0.15) is 17.4 Å². The minimum absolute atomic E-state index is 0.180. The molecule has 148 valence electrons. The Bertz CT molecular complexity index is 561. The molecule has 0 aromatic heterocycles. The average molecular weight is 367 g/mol. The SMILES string of the molecule is C=C1C=C(OC)[C@H](CCC)N1C(=O)[C@@H](CC(C)C)NC(=O)OC(C)(C)C. The molecule has 2 amide bonds. The maximum atomic E-state index is 13.2. The smallest absolute Gasteiger partial charge is 0.408 e. The number of carbonyl (C=O) groups is 2. The second-order valence-corrected chi connectivity index (χ2v) is 8.08. The van der Waals surface area contributed by atoms with E-state index in [-0.39, 0.29) is 17.9 Å². The third kappa shape index (κ3) is 6.07. The molecule has 0 saturated carbocycles. The second kappa shape index (κ2) is 9.10. The van der Waals surface area contributed by atoms with Crippen molar-refractivity contribution >= 4 is 12.0 Å². The first-order chi connectivity index (χ1) is 12.0. The monoisotopic (exact) mass is 366 g/mol. The fraction of sp³-hybridized carbons (Fsp3) is 0.700. The van der Waals surface area contributed by atoms with Crippen LogP contribution in [0.15, 0.2) is 24.1 Å². The Morgan fingerprint density at radius 1 is 1.35 bits per heavy atom. The number of carbonyl (C=O) groups excluding carboxylic acids is 2. The van der Waals surface area contributed by atoms with Crippen molar-refractivity contribution in [2.75, 3.05) is 7.11 Å². The van der Waals surface area contributed by atoms with Crippen molar-refractivity contribution in [1.82, 2.24) is 10.2 Å². The van der Waals surface area contributed by atoms with Crippen LogP contribution in [-0.4, -0.2) is 41.7 Å². The van der Waals surface area contributed by atoms with E-state index in [1.54, 1.807) is 38.9 Å². The molecule has 1 heterocycles. The molecule has 6 heteroatoms. The zero-order valence-electron chi connectivity index (χ0n) is 17.2. The highest BCUT2D eigenvalue weighted by molar-refractivity contribution is 5.88. The Labute approximate surface area is 157 Å². The van der Waals surface area contributed by atoms with Crippen LogP contribution in [0.3, 0.4) is 0 Å². The fourth-order valence-corrected chi connectivity index (χ4v) is 3.00. The first-order valence-corrected chi connectivity index (χ1v) is 9.27. The molecule has 0 fully saturated rings. The Kier molecular flexibility index (Phi) is 7.72. The highest BCUT2D eigenvalue weighted by Gasteiger charge is 2.38. The van der Waals surface area contributed by atoms with Gasteiger partial charge in [0.15, 0.2) is 0 Å². The molecule has 2 atom stereocenters. The summed E-state index contributed by atoms with van der Waals surface area (Å²) in [5.41, 5.74) is -0.0347. The van der Waals surface area contributed by atoms with Gasteiger partial charge in [0.25, 0.3) is 0 Å². The molecular weight excluding hydrogens is 332 g/mol. The molecule has 1 aliphatic heterocycles. The van der Waals surface area contributed by atoms with Gasteiger partial charge in [0.05, 0.1) is 13.2 Å². The van der Waals surface area contributed by atoms with Crippen molar-refractivity contribution < 1.29 is 19.1 Å². The zero-order valence-corrected chi connectivity index (χ0v) is 17.2. The van der Waals surface area contributed by atoms with Gasteiger partial charge in [-0.15, -0.1) is 0 Å². The number of amides is 2. The van der Waals surface area contributed by atoms with Crippen LogP contribution in [0.5, 0.6) is 0 Å². The summed E-state index contributed by atoms with van der Waals surface area (Å²) in [7, 11) is 1.60. The molecule has 0 radical (unpaired) electrons. The maximum absolute atomic E-state index is 13.2. The van der Waals surface area contributed by atoms with Crippen LogP contribution in [0.1, 0.15) is 60.8 Å². The van der Waals surface area contributed by atoms with Gasteiger partial charge in [0.2, 0.25) is 5.91 Å². The molecule has 0 saturated heterocycles. The second-order valence-electron chi connectivity index (χ2n) is 8.08. The van der Waals surface area contributed by atoms with Crippen molar-refractivity contribution in [2.24, 2.45) is 5.92 Å². The van der Waals surface area contributed by atoms with Gasteiger partial charge in [-0.1, -0.05) is 33.8 Å². The minimum Gasteiger partial charge on any atom is -0.499 e. The van der Waals surface area contributed by atoms with Gasteiger partial charge >= 0.3 is 6.09 Å². The number of ether oxygens (including phenoxy) is 2. The van der Waals surface area contributed by atoms with Gasteiger partial charge in [-0.25, -0.2) is 4.79 Å². The number of rotatable bonds is 7. The summed E-state index contributed by atoms with van der Waals surface area (Å²) in [5, 5.41) is 2.74. The van der Waals surface area contributed by atoms with Crippen molar-refractivity contribution in [3.63, 3.8) is 0 Å². The molecule has 0 bridgehead atoms. The number of hydrogen-bond acceptors (Lipinski definition) is 4. The molecule has 0 aromatic carbocycles. The first kappa shape index (κ1) is 22.1. The van der Waals surface area contributed by atoms with Gasteiger partial charge in [0, 0.05) is 11.8 Å². The molecule has 0 spiro atoms. The van der Waals surface area contributed by atoms with Crippen molar-refractivity contribution in [2.45, 2.75) is 78.5 Å². The summed E-state index contributed by atoms with van der Waals surface area (Å²) in [5.74, 6) is 0.774. The summed E-state index contributed by atoms with van der Waals surface area (Å²) in [6.45, 7) is 15.4. The number of nitrogens with one attached hydrogen (secondary N) is 1. The van der Waals surface area contributed by atoms with Gasteiger partial charge < -0.3 is 19.7 Å². The minimum atomic E-state index is -0.675. The van der Waals surface area contributed by atoms with Crippen LogP contribution in [0.2, 0.25) is 0 Å². The van der Waals surface area contributed by atoms with Gasteiger partial charge in [-0.3, -0.25) is 4.79 Å². The Morgan fingerprint density at radius 2 is 1.96 bits per heavy atom. The lowest BCUT2D eigenvalue weighted by molar-refractivity contribution is -0.133. The number of alkyl carbamates (subject to hydrolysis) is 1. The van der Waals surface area contributed by atoms with Crippen LogP contribution in [0.25, 0.3) is 0 Å². The van der Waals surface area contributed by atoms with Crippen LogP contribution in [0, 0.1) is 5.92 Å². The third-order valence-electron chi connectivity index (χ3n) is 3.99.